The number of H-pyrrole nitrogens is 1. The summed E-state index contributed by atoms with van der Waals surface area (Å²) < 4.78 is 4.21. The van der Waals surface area contributed by atoms with Gasteiger partial charge in [0.05, 0.1) is 0 Å². The smallest absolute Gasteiger partial charge is 0.504 e. The lowest BCUT2D eigenvalue weighted by Crippen LogP contribution is -2.02. The van der Waals surface area contributed by atoms with E-state index in [-0.39, 0.29) is 17.2 Å². The van der Waals surface area contributed by atoms with Crippen LogP contribution in [0.25, 0.3) is 0 Å². The number of hydrogen-bond acceptors (Lipinski definition) is 5. The molecule has 1 aromatic heterocycles. The van der Waals surface area contributed by atoms with Crippen molar-refractivity contribution < 1.29 is 24.9 Å². The number of ether oxygens (including phenoxy) is 1. The third kappa shape index (κ3) is 4.82. The highest BCUT2D eigenvalue weighted by molar-refractivity contribution is 5.62. The van der Waals surface area contributed by atoms with Crippen molar-refractivity contribution in [2.75, 3.05) is 0 Å². The number of rotatable bonds is 1. The van der Waals surface area contributed by atoms with Crippen molar-refractivity contribution in [3.63, 3.8) is 0 Å². The first-order chi connectivity index (χ1) is 9.00. The molecular formula is C12H11NO6. The highest BCUT2D eigenvalue weighted by Gasteiger charge is 2.03. The van der Waals surface area contributed by atoms with E-state index in [2.05, 4.69) is 9.72 Å². The van der Waals surface area contributed by atoms with Gasteiger partial charge in [0.1, 0.15) is 0 Å². The Kier molecular flexibility index (Phi) is 4.97. The monoisotopic (exact) mass is 265 g/mol. The van der Waals surface area contributed by atoms with Crippen LogP contribution in [0.5, 0.6) is 17.2 Å². The highest BCUT2D eigenvalue weighted by Crippen LogP contribution is 2.24. The van der Waals surface area contributed by atoms with E-state index in [1.54, 1.807) is 18.2 Å². The van der Waals surface area contributed by atoms with Gasteiger partial charge in [-0.15, -0.1) is 0 Å². The van der Waals surface area contributed by atoms with E-state index < -0.39 is 11.7 Å². The number of carbonyl (C=O) groups is 1. The van der Waals surface area contributed by atoms with E-state index in [0.717, 1.165) is 0 Å². The van der Waals surface area contributed by atoms with Crippen LogP contribution in [-0.2, 0) is 0 Å². The summed E-state index contributed by atoms with van der Waals surface area (Å²) in [7, 11) is 0. The molecule has 0 atom stereocenters. The number of aromatic amines is 1. The molecule has 0 spiro atoms. The van der Waals surface area contributed by atoms with Gasteiger partial charge in [-0.2, -0.15) is 0 Å². The van der Waals surface area contributed by atoms with E-state index in [9.17, 15) is 9.59 Å². The number of nitrogens with one attached hydrogen (secondary N) is 1. The minimum absolute atomic E-state index is 0.0556. The first kappa shape index (κ1) is 14.1. The number of hydrogen-bond donors (Lipinski definition) is 4. The number of phenolic OH excluding ortho intramolecular Hbond substituents is 1. The number of para-hydroxylation sites is 2. The van der Waals surface area contributed by atoms with Crippen LogP contribution in [0.3, 0.4) is 0 Å². The first-order valence-electron chi connectivity index (χ1n) is 5.06. The minimum atomic E-state index is -1.44. The molecular weight excluding hydrogens is 254 g/mol. The molecule has 0 unspecified atom stereocenters. The fraction of sp³-hybridized carbons (Fsp3) is 0. The zero-order valence-electron chi connectivity index (χ0n) is 9.61. The van der Waals surface area contributed by atoms with Crippen molar-refractivity contribution in [3.8, 4) is 17.2 Å². The van der Waals surface area contributed by atoms with Crippen LogP contribution in [0, 0.1) is 0 Å². The van der Waals surface area contributed by atoms with Crippen LogP contribution in [-0.4, -0.2) is 26.5 Å². The molecule has 0 aliphatic rings. The van der Waals surface area contributed by atoms with Crippen LogP contribution in [0.1, 0.15) is 0 Å². The highest BCUT2D eigenvalue weighted by atomic mass is 16.7. The van der Waals surface area contributed by atoms with E-state index in [1.165, 1.54) is 24.4 Å². The third-order valence-corrected chi connectivity index (χ3v) is 1.86. The number of benzene rings is 1. The molecule has 7 nitrogen and oxygen atoms in total. The first-order valence-corrected chi connectivity index (χ1v) is 5.06. The van der Waals surface area contributed by atoms with Gasteiger partial charge in [-0.1, -0.05) is 12.1 Å². The van der Waals surface area contributed by atoms with E-state index >= 15 is 0 Å². The SMILES string of the molecule is O=C(O)Oc1ccccc1O.O=c1[nH]cccc1O. The summed E-state index contributed by atoms with van der Waals surface area (Å²) in [4.78, 5) is 22.6. The van der Waals surface area contributed by atoms with Crippen molar-refractivity contribution in [1.29, 1.82) is 0 Å². The molecule has 0 amide bonds. The van der Waals surface area contributed by atoms with E-state index in [0.29, 0.717) is 0 Å². The lowest BCUT2D eigenvalue weighted by molar-refractivity contribution is 0.143. The van der Waals surface area contributed by atoms with Crippen molar-refractivity contribution in [1.82, 2.24) is 4.98 Å². The van der Waals surface area contributed by atoms with Crippen LogP contribution in [0.2, 0.25) is 0 Å². The van der Waals surface area contributed by atoms with Crippen LogP contribution in [0.15, 0.2) is 47.4 Å². The average Bonchev–Trinajstić information content (AvgIpc) is 2.36. The normalized spacial score (nSPS) is 9.05. The summed E-state index contributed by atoms with van der Waals surface area (Å²) in [6.07, 6.45) is 0.0219. The summed E-state index contributed by atoms with van der Waals surface area (Å²) in [6.45, 7) is 0. The van der Waals surface area contributed by atoms with Crippen LogP contribution < -0.4 is 10.3 Å². The number of phenols is 1. The predicted molar refractivity (Wildman–Crippen MR) is 65.5 cm³/mol. The Labute approximate surface area is 107 Å². The fourth-order valence-corrected chi connectivity index (χ4v) is 1.05. The lowest BCUT2D eigenvalue weighted by atomic mass is 10.3. The molecule has 0 aliphatic carbocycles. The van der Waals surface area contributed by atoms with Crippen molar-refractivity contribution >= 4 is 6.16 Å². The van der Waals surface area contributed by atoms with Gasteiger partial charge in [0.2, 0.25) is 0 Å². The molecule has 7 heteroatoms. The zero-order valence-corrected chi connectivity index (χ0v) is 9.61. The maximum Gasteiger partial charge on any atom is 0.511 e. The maximum atomic E-state index is 10.3. The molecule has 0 saturated heterocycles. The molecule has 2 aromatic rings. The summed E-state index contributed by atoms with van der Waals surface area (Å²) in [6, 6.07) is 8.74. The molecule has 2 rings (SSSR count). The van der Waals surface area contributed by atoms with Gasteiger partial charge in [-0.3, -0.25) is 4.79 Å². The van der Waals surface area contributed by atoms with E-state index in [4.69, 9.17) is 15.3 Å². The Morgan fingerprint density at radius 2 is 1.68 bits per heavy atom. The van der Waals surface area contributed by atoms with Gasteiger partial charge in [-0.25, -0.2) is 4.79 Å². The van der Waals surface area contributed by atoms with Crippen LogP contribution >= 0.6 is 0 Å². The summed E-state index contributed by atoms with van der Waals surface area (Å²) >= 11 is 0. The van der Waals surface area contributed by atoms with Crippen molar-refractivity contribution in [2.24, 2.45) is 0 Å². The second-order valence-electron chi connectivity index (χ2n) is 3.22. The quantitative estimate of drug-likeness (QED) is 0.458. The summed E-state index contributed by atoms with van der Waals surface area (Å²) in [5.74, 6) is -0.484. The molecule has 19 heavy (non-hydrogen) atoms. The van der Waals surface area contributed by atoms with Crippen LogP contribution in [0.4, 0.5) is 4.79 Å². The van der Waals surface area contributed by atoms with Gasteiger partial charge in [0.15, 0.2) is 17.2 Å². The summed E-state index contributed by atoms with van der Waals surface area (Å²) in [5, 5.41) is 25.7. The number of aromatic hydroxyl groups is 2. The Morgan fingerprint density at radius 1 is 1.05 bits per heavy atom. The molecule has 0 saturated carbocycles. The largest absolute Gasteiger partial charge is 0.511 e. The number of pyridine rings is 1. The van der Waals surface area contributed by atoms with Gasteiger partial charge in [0, 0.05) is 6.20 Å². The number of aromatic nitrogens is 1. The van der Waals surface area contributed by atoms with Crippen molar-refractivity contribution in [2.45, 2.75) is 0 Å². The molecule has 0 bridgehead atoms. The van der Waals surface area contributed by atoms with Gasteiger partial charge in [-0.05, 0) is 24.3 Å². The molecule has 4 N–H and O–H groups in total. The Morgan fingerprint density at radius 3 is 2.16 bits per heavy atom. The molecule has 100 valence electrons. The molecule has 1 aromatic carbocycles. The van der Waals surface area contributed by atoms with Gasteiger partial charge in [0.25, 0.3) is 5.56 Å². The Hall–Kier alpha value is -2.96. The molecule has 0 fully saturated rings. The Balaban J connectivity index is 0.000000200. The van der Waals surface area contributed by atoms with Gasteiger partial charge >= 0.3 is 6.16 Å². The molecule has 1 heterocycles. The minimum Gasteiger partial charge on any atom is -0.504 e. The van der Waals surface area contributed by atoms with Crippen molar-refractivity contribution in [3.05, 3.63) is 52.9 Å². The predicted octanol–water partition coefficient (Wildman–Crippen LogP) is 1.53. The van der Waals surface area contributed by atoms with Gasteiger partial charge < -0.3 is 25.0 Å². The zero-order chi connectivity index (χ0) is 14.3. The lowest BCUT2D eigenvalue weighted by Gasteiger charge is -2.00. The summed E-state index contributed by atoms with van der Waals surface area (Å²) in [5.41, 5.74) is -0.451. The number of carboxylic acid groups (broad SMARTS) is 1. The second kappa shape index (κ2) is 6.70. The Bertz CT molecular complexity index is 607. The molecule has 0 radical (unpaired) electrons. The average molecular weight is 265 g/mol. The standard InChI is InChI=1S/C7H6O4.C5H5NO2/c8-5-3-1-2-4-6(5)11-7(9)10;7-4-2-1-3-6-5(4)8/h1-4,8H,(H,9,10);1-3,7H,(H,6,8). The molecule has 0 aliphatic heterocycles. The third-order valence-electron chi connectivity index (χ3n) is 1.86. The maximum absolute atomic E-state index is 10.3. The fourth-order valence-electron chi connectivity index (χ4n) is 1.05. The second-order valence-corrected chi connectivity index (χ2v) is 3.22. The topological polar surface area (TPSA) is 120 Å². The van der Waals surface area contributed by atoms with E-state index in [1.807, 2.05) is 0 Å².